The number of aryl methyl sites for hydroxylation is 2. The van der Waals surface area contributed by atoms with E-state index in [1.54, 1.807) is 6.07 Å². The van der Waals surface area contributed by atoms with Crippen LogP contribution in [0.2, 0.25) is 0 Å². The number of hydrogen-bond donors (Lipinski definition) is 1. The van der Waals surface area contributed by atoms with E-state index in [1.807, 2.05) is 48.8 Å². The molecule has 0 aliphatic heterocycles. The average molecular weight is 431 g/mol. The molecule has 1 N–H and O–H groups in total. The Morgan fingerprint density at radius 2 is 1.54 bits per heavy atom. The van der Waals surface area contributed by atoms with E-state index in [9.17, 15) is 14.7 Å². The zero-order valence-electron chi connectivity index (χ0n) is 14.7. The van der Waals surface area contributed by atoms with E-state index in [0.717, 1.165) is 42.4 Å². The summed E-state index contributed by atoms with van der Waals surface area (Å²) in [4.78, 5) is 22.6. The Labute approximate surface area is 169 Å². The Kier molecular flexibility index (Phi) is 9.83. The first-order chi connectivity index (χ1) is 12.1. The Bertz CT molecular complexity index is 753. The Hall–Kier alpha value is -1.99. The third-order valence-corrected chi connectivity index (χ3v) is 4.15. The average Bonchev–Trinajstić information content (AvgIpc) is 2.62. The van der Waals surface area contributed by atoms with Crippen molar-refractivity contribution in [3.63, 3.8) is 0 Å². The molecule has 0 aliphatic carbocycles. The Morgan fingerprint density at radius 3 is 2.12 bits per heavy atom. The first-order valence-corrected chi connectivity index (χ1v) is 8.54. The number of rotatable bonds is 10. The van der Waals surface area contributed by atoms with Gasteiger partial charge in [-0.1, -0.05) is 30.8 Å². The van der Waals surface area contributed by atoms with Crippen LogP contribution in [-0.4, -0.2) is 17.2 Å². The molecular weight excluding hydrogens is 408 g/mol. The van der Waals surface area contributed by atoms with E-state index in [-0.39, 0.29) is 32.6 Å². The van der Waals surface area contributed by atoms with Gasteiger partial charge in [0.1, 0.15) is 11.5 Å². The van der Waals surface area contributed by atoms with Crippen LogP contribution in [0, 0.1) is 0 Å². The number of benzene rings is 2. The third kappa shape index (κ3) is 7.49. The summed E-state index contributed by atoms with van der Waals surface area (Å²) in [5.41, 5.74) is 3.44. The van der Waals surface area contributed by atoms with Crippen molar-refractivity contribution in [1.82, 2.24) is 0 Å². The fraction of sp³-hybridized carbons (Fsp3) is 0.273. The molecule has 0 saturated carbocycles. The molecule has 4 heteroatoms. The van der Waals surface area contributed by atoms with Crippen LogP contribution in [0.25, 0.3) is 5.76 Å². The summed E-state index contributed by atoms with van der Waals surface area (Å²) >= 11 is 0. The Balaban J connectivity index is 0.00000338. The van der Waals surface area contributed by atoms with Gasteiger partial charge >= 0.3 is 0 Å². The van der Waals surface area contributed by atoms with E-state index in [2.05, 4.69) is 6.58 Å². The van der Waals surface area contributed by atoms with Crippen molar-refractivity contribution in [2.45, 2.75) is 38.5 Å². The number of hydrogen-bond acceptors (Lipinski definition) is 3. The predicted molar refractivity (Wildman–Crippen MR) is 100 cm³/mol. The molecule has 0 atom stereocenters. The molecule has 0 aromatic heterocycles. The van der Waals surface area contributed by atoms with E-state index >= 15 is 0 Å². The fourth-order valence-corrected chi connectivity index (χ4v) is 2.80. The number of aliphatic hydroxyl groups is 1. The zero-order valence-corrected chi connectivity index (χ0v) is 16.7. The minimum absolute atomic E-state index is 0. The van der Waals surface area contributed by atoms with Crippen molar-refractivity contribution in [3.05, 3.63) is 77.4 Å². The molecule has 0 saturated heterocycles. The largest absolute Gasteiger partial charge is 0.508 e. The number of ketones is 1. The monoisotopic (exact) mass is 433 g/mol. The molecule has 0 spiro atoms. The van der Waals surface area contributed by atoms with Gasteiger partial charge < -0.3 is 9.90 Å². The maximum atomic E-state index is 12.0. The topological polar surface area (TPSA) is 54.4 Å². The molecule has 0 aliphatic rings. The molecule has 0 radical (unpaired) electrons. The number of carbonyl (C=O) groups is 1. The quantitative estimate of drug-likeness (QED) is 0.340. The number of carbonyl (C=O) groups excluding carboxylic acids is 2. The van der Waals surface area contributed by atoms with Crippen molar-refractivity contribution >= 4 is 17.8 Å². The molecule has 2 rings (SSSR count). The van der Waals surface area contributed by atoms with Gasteiger partial charge in [0, 0.05) is 39.5 Å². The van der Waals surface area contributed by atoms with Crippen LogP contribution < -0.4 is 0 Å². The van der Waals surface area contributed by atoms with Gasteiger partial charge in [-0.05, 0) is 37.3 Å². The van der Waals surface area contributed by atoms with E-state index in [0.29, 0.717) is 18.4 Å². The minimum atomic E-state index is 0. The molecule has 136 valence electrons. The summed E-state index contributed by atoms with van der Waals surface area (Å²) in [6, 6.07) is 15.0. The SMILES string of the molecule is C=C(O)c1cccc(CCCC(=O)CCCc2cccc([C-]=O)c2)c1.[Mo]. The molecule has 0 amide bonds. The summed E-state index contributed by atoms with van der Waals surface area (Å²) in [6.45, 7) is 3.52. The molecule has 0 unspecified atom stereocenters. The van der Waals surface area contributed by atoms with Crippen molar-refractivity contribution in [3.8, 4) is 0 Å². The second-order valence-corrected chi connectivity index (χ2v) is 6.20. The van der Waals surface area contributed by atoms with E-state index in [1.165, 1.54) is 0 Å². The van der Waals surface area contributed by atoms with Crippen molar-refractivity contribution < 1.29 is 35.8 Å². The van der Waals surface area contributed by atoms with Gasteiger partial charge in [0.25, 0.3) is 0 Å². The van der Waals surface area contributed by atoms with E-state index < -0.39 is 0 Å². The second-order valence-electron chi connectivity index (χ2n) is 6.20. The van der Waals surface area contributed by atoms with Crippen molar-refractivity contribution in [1.29, 1.82) is 0 Å². The second kappa shape index (κ2) is 11.6. The maximum Gasteiger partial charge on any atom is 0.132 e. The molecule has 0 fully saturated rings. The van der Waals surface area contributed by atoms with Crippen LogP contribution in [0.5, 0.6) is 0 Å². The third-order valence-electron chi connectivity index (χ3n) is 4.15. The first kappa shape index (κ1) is 22.0. The molecule has 0 heterocycles. The van der Waals surface area contributed by atoms with Crippen molar-refractivity contribution in [2.24, 2.45) is 0 Å². The van der Waals surface area contributed by atoms with Gasteiger partial charge in [-0.25, -0.2) is 0 Å². The van der Waals surface area contributed by atoms with Crippen LogP contribution in [0.3, 0.4) is 0 Å². The zero-order chi connectivity index (χ0) is 18.1. The van der Waals surface area contributed by atoms with Gasteiger partial charge in [-0.2, -0.15) is 17.7 Å². The molecule has 2 aromatic rings. The molecule has 26 heavy (non-hydrogen) atoms. The van der Waals surface area contributed by atoms with E-state index in [4.69, 9.17) is 0 Å². The first-order valence-electron chi connectivity index (χ1n) is 8.54. The molecule has 3 nitrogen and oxygen atoms in total. The molecule has 2 aromatic carbocycles. The number of Topliss-reactive ketones (excluding diaryl/α,β-unsaturated/α-hetero) is 1. The minimum Gasteiger partial charge on any atom is -0.508 e. The van der Waals surface area contributed by atoms with Gasteiger partial charge in [0.05, 0.1) is 6.29 Å². The van der Waals surface area contributed by atoms with Gasteiger partial charge in [-0.3, -0.25) is 4.79 Å². The van der Waals surface area contributed by atoms with Gasteiger partial charge in [-0.15, -0.1) is 11.6 Å². The van der Waals surface area contributed by atoms with Gasteiger partial charge in [0.15, 0.2) is 0 Å². The van der Waals surface area contributed by atoms with Crippen LogP contribution in [-0.2, 0) is 43.5 Å². The van der Waals surface area contributed by atoms with Crippen LogP contribution in [0.1, 0.15) is 47.9 Å². The Morgan fingerprint density at radius 1 is 0.962 bits per heavy atom. The molecular formula is C22H23MoO3-. The van der Waals surface area contributed by atoms with Crippen LogP contribution in [0.4, 0.5) is 0 Å². The van der Waals surface area contributed by atoms with Crippen LogP contribution >= 0.6 is 0 Å². The maximum absolute atomic E-state index is 12.0. The normalized spacial score (nSPS) is 10.0. The number of aliphatic hydroxyl groups excluding tert-OH is 1. The smallest absolute Gasteiger partial charge is 0.132 e. The van der Waals surface area contributed by atoms with Gasteiger partial charge in [0.2, 0.25) is 0 Å². The van der Waals surface area contributed by atoms with Crippen LogP contribution in [0.15, 0.2) is 55.1 Å². The molecule has 0 bridgehead atoms. The predicted octanol–water partition coefficient (Wildman–Crippen LogP) is 4.59. The fourth-order valence-electron chi connectivity index (χ4n) is 2.80. The summed E-state index contributed by atoms with van der Waals surface area (Å²) in [6.07, 6.45) is 6.20. The van der Waals surface area contributed by atoms with Crippen molar-refractivity contribution in [2.75, 3.05) is 0 Å². The summed E-state index contributed by atoms with van der Waals surface area (Å²) in [5, 5.41) is 9.42. The standard InChI is InChI=1S/C22H23O3.Mo/c1-17(24)21-11-3-7-19(15-21)9-5-13-22(25)12-4-8-18-6-2-10-20(14-18)16-23;/h2-3,6-7,10-11,14-15,24H,1,4-5,8-9,12-13H2;/q-1;. The summed E-state index contributed by atoms with van der Waals surface area (Å²) < 4.78 is 0. The summed E-state index contributed by atoms with van der Waals surface area (Å²) in [5.74, 6) is 0.329. The summed E-state index contributed by atoms with van der Waals surface area (Å²) in [7, 11) is 0.